The summed E-state index contributed by atoms with van der Waals surface area (Å²) in [6.07, 6.45) is 16.6. The Morgan fingerprint density at radius 2 is 1.57 bits per heavy atom. The molecule has 0 spiro atoms. The SMILES string of the molecule is C=C1/C(=C\C=C2/CCC[C@]3(C)[C@@H]2CC[C@H]3[C@@H](C)CCCC(C)(C)OC(C)=O)C[C@H](O[Si](C)(C)C(C)(C)C)C[C@H]1O[Si](C)(C)C(C)(C)C. The van der Waals surface area contributed by atoms with Gasteiger partial charge in [0.15, 0.2) is 16.6 Å². The van der Waals surface area contributed by atoms with E-state index in [1.54, 1.807) is 5.57 Å². The van der Waals surface area contributed by atoms with E-state index in [9.17, 15) is 4.79 Å². The molecule has 0 N–H and O–H groups in total. The Labute approximate surface area is 293 Å². The highest BCUT2D eigenvalue weighted by Gasteiger charge is 2.51. The monoisotopic (exact) mass is 687 g/mol. The molecule has 3 fully saturated rings. The van der Waals surface area contributed by atoms with Crippen LogP contribution in [0.4, 0.5) is 0 Å². The molecule has 3 saturated carbocycles. The molecule has 0 heterocycles. The van der Waals surface area contributed by atoms with E-state index >= 15 is 0 Å². The molecule has 3 aliphatic rings. The summed E-state index contributed by atoms with van der Waals surface area (Å²) in [4.78, 5) is 11.5. The van der Waals surface area contributed by atoms with Gasteiger partial charge in [0.2, 0.25) is 0 Å². The lowest BCUT2D eigenvalue weighted by atomic mass is 9.60. The Hall–Kier alpha value is -0.956. The van der Waals surface area contributed by atoms with Gasteiger partial charge in [0.05, 0.1) is 12.2 Å². The fourth-order valence-corrected chi connectivity index (χ4v) is 11.1. The average Bonchev–Trinajstić information content (AvgIpc) is 3.24. The number of ether oxygens (including phenoxy) is 1. The van der Waals surface area contributed by atoms with E-state index in [0.29, 0.717) is 17.3 Å². The molecule has 4 nitrogen and oxygen atoms in total. The van der Waals surface area contributed by atoms with Crippen molar-refractivity contribution in [2.24, 2.45) is 23.2 Å². The van der Waals surface area contributed by atoms with Crippen LogP contribution in [0.1, 0.15) is 140 Å². The third-order valence-electron chi connectivity index (χ3n) is 13.3. The molecule has 0 aromatic heterocycles. The van der Waals surface area contributed by atoms with Crippen LogP contribution < -0.4 is 0 Å². The van der Waals surface area contributed by atoms with Crippen molar-refractivity contribution in [3.63, 3.8) is 0 Å². The van der Waals surface area contributed by atoms with Gasteiger partial charge >= 0.3 is 5.97 Å². The lowest BCUT2D eigenvalue weighted by molar-refractivity contribution is -0.154. The smallest absolute Gasteiger partial charge is 0.303 e. The number of carbonyl (C=O) groups excluding carboxylic acids is 1. The first-order valence-electron chi connectivity index (χ1n) is 18.9. The molecule has 270 valence electrons. The molecule has 0 unspecified atom stereocenters. The van der Waals surface area contributed by atoms with Crippen LogP contribution in [0.3, 0.4) is 0 Å². The molecule has 6 heteroatoms. The fraction of sp³-hybridized carbons (Fsp3) is 0.829. The Balaban J connectivity index is 1.83. The molecule has 3 rings (SSSR count). The molecule has 6 atom stereocenters. The van der Waals surface area contributed by atoms with E-state index in [4.69, 9.17) is 20.2 Å². The third kappa shape index (κ3) is 9.85. The normalized spacial score (nSPS) is 30.5. The van der Waals surface area contributed by atoms with Crippen LogP contribution in [0, 0.1) is 23.2 Å². The summed E-state index contributed by atoms with van der Waals surface area (Å²) in [5, 5.41) is 0.317. The summed E-state index contributed by atoms with van der Waals surface area (Å²) in [5.41, 5.74) is 4.14. The molecular weight excluding hydrogens is 613 g/mol. The van der Waals surface area contributed by atoms with Crippen molar-refractivity contribution < 1.29 is 18.4 Å². The highest BCUT2D eigenvalue weighted by atomic mass is 28.4. The van der Waals surface area contributed by atoms with E-state index in [-0.39, 0.29) is 33.9 Å². The van der Waals surface area contributed by atoms with Crippen LogP contribution in [0.2, 0.25) is 36.3 Å². The number of rotatable bonds is 11. The van der Waals surface area contributed by atoms with Crippen molar-refractivity contribution in [1.82, 2.24) is 0 Å². The maximum Gasteiger partial charge on any atom is 0.303 e. The zero-order valence-corrected chi connectivity index (χ0v) is 35.5. The van der Waals surface area contributed by atoms with Crippen LogP contribution >= 0.6 is 0 Å². The number of esters is 1. The minimum Gasteiger partial charge on any atom is -0.460 e. The fourth-order valence-electron chi connectivity index (χ4n) is 8.47. The predicted molar refractivity (Wildman–Crippen MR) is 206 cm³/mol. The topological polar surface area (TPSA) is 44.8 Å². The maximum absolute atomic E-state index is 11.5. The van der Waals surface area contributed by atoms with Crippen molar-refractivity contribution in [3.8, 4) is 0 Å². The zero-order chi connectivity index (χ0) is 35.8. The largest absolute Gasteiger partial charge is 0.460 e. The van der Waals surface area contributed by atoms with Crippen molar-refractivity contribution in [3.05, 3.63) is 35.5 Å². The molecule has 0 aromatic carbocycles. The van der Waals surface area contributed by atoms with Gasteiger partial charge in [-0.2, -0.15) is 0 Å². The van der Waals surface area contributed by atoms with Crippen LogP contribution in [0.25, 0.3) is 0 Å². The first kappa shape index (κ1) is 40.5. The molecule has 3 aliphatic carbocycles. The zero-order valence-electron chi connectivity index (χ0n) is 33.5. The lowest BCUT2D eigenvalue weighted by Crippen LogP contribution is -2.49. The van der Waals surface area contributed by atoms with E-state index in [2.05, 4.69) is 93.7 Å². The Morgan fingerprint density at radius 1 is 0.979 bits per heavy atom. The van der Waals surface area contributed by atoms with E-state index < -0.39 is 16.6 Å². The van der Waals surface area contributed by atoms with E-state index in [1.807, 2.05) is 13.8 Å². The highest BCUT2D eigenvalue weighted by Crippen LogP contribution is 2.60. The molecule has 0 saturated heterocycles. The quantitative estimate of drug-likeness (QED) is 0.160. The maximum atomic E-state index is 11.5. The minimum absolute atomic E-state index is 0.0169. The number of allylic oxidation sites excluding steroid dienone is 3. The second kappa shape index (κ2) is 14.7. The third-order valence-corrected chi connectivity index (χ3v) is 22.3. The molecule has 0 aromatic rings. The van der Waals surface area contributed by atoms with Crippen molar-refractivity contribution >= 4 is 22.6 Å². The van der Waals surface area contributed by atoms with Gasteiger partial charge in [0, 0.05) is 13.3 Å². The van der Waals surface area contributed by atoms with Gasteiger partial charge in [0.25, 0.3) is 0 Å². The molecule has 0 bridgehead atoms. The first-order valence-corrected chi connectivity index (χ1v) is 24.8. The van der Waals surface area contributed by atoms with Crippen molar-refractivity contribution in [2.45, 2.75) is 194 Å². The molecule has 47 heavy (non-hydrogen) atoms. The van der Waals surface area contributed by atoms with Crippen LogP contribution in [0.15, 0.2) is 35.5 Å². The number of hydrogen-bond donors (Lipinski definition) is 0. The standard InChI is InChI=1S/C41H74O4Si2/c1-29(19-17-25-40(10,11)43-31(3)42)35-23-24-36-32(20-18-26-41(35,36)12)21-22-33-27-34(44-46(13,14)38(4,5)6)28-37(30(33)2)45-47(15,16)39(7,8)9/h21-22,29,34-37H,2,17-20,23-28H2,1,3-16H3/b32-21+,33-22-/t29-,34-,35-,36+,37+,41-/m0/s1. The molecule has 0 radical (unpaired) electrons. The van der Waals surface area contributed by atoms with Gasteiger partial charge in [-0.05, 0) is 136 Å². The molecule has 0 aliphatic heterocycles. The Kier molecular flexibility index (Phi) is 12.7. The molecular formula is C41H74O4Si2. The lowest BCUT2D eigenvalue weighted by Gasteiger charge is -2.46. The second-order valence-electron chi connectivity index (χ2n) is 19.6. The van der Waals surface area contributed by atoms with Gasteiger partial charge in [-0.1, -0.05) is 86.1 Å². The summed E-state index contributed by atoms with van der Waals surface area (Å²) in [6, 6.07) is 0. The Bertz CT molecular complexity index is 1180. The summed E-state index contributed by atoms with van der Waals surface area (Å²) < 4.78 is 19.8. The van der Waals surface area contributed by atoms with E-state index in [1.165, 1.54) is 56.6 Å². The number of hydrogen-bond acceptors (Lipinski definition) is 4. The number of carbonyl (C=O) groups is 1. The van der Waals surface area contributed by atoms with Crippen LogP contribution in [-0.4, -0.2) is 40.4 Å². The average molecular weight is 687 g/mol. The Morgan fingerprint density at radius 3 is 2.15 bits per heavy atom. The summed E-state index contributed by atoms with van der Waals surface area (Å²) in [5.74, 6) is 1.90. The highest BCUT2D eigenvalue weighted by molar-refractivity contribution is 6.74. The van der Waals surface area contributed by atoms with Crippen LogP contribution in [-0.2, 0) is 18.4 Å². The number of fused-ring (bicyclic) bond motifs is 1. The van der Waals surface area contributed by atoms with Gasteiger partial charge in [0.1, 0.15) is 5.60 Å². The van der Waals surface area contributed by atoms with Gasteiger partial charge in [-0.3, -0.25) is 4.79 Å². The second-order valence-corrected chi connectivity index (χ2v) is 29.1. The van der Waals surface area contributed by atoms with Crippen LogP contribution in [0.5, 0.6) is 0 Å². The van der Waals surface area contributed by atoms with Crippen molar-refractivity contribution in [2.75, 3.05) is 0 Å². The molecule has 0 amide bonds. The first-order chi connectivity index (χ1) is 21.3. The summed E-state index contributed by atoms with van der Waals surface area (Å²) in [7, 11) is -3.92. The van der Waals surface area contributed by atoms with Gasteiger partial charge < -0.3 is 13.6 Å². The predicted octanol–water partition coefficient (Wildman–Crippen LogP) is 12.3. The minimum atomic E-state index is -1.99. The van der Waals surface area contributed by atoms with Gasteiger partial charge in [-0.25, -0.2) is 0 Å². The van der Waals surface area contributed by atoms with E-state index in [0.717, 1.165) is 31.6 Å². The summed E-state index contributed by atoms with van der Waals surface area (Å²) >= 11 is 0. The van der Waals surface area contributed by atoms with Gasteiger partial charge in [-0.15, -0.1) is 0 Å². The summed E-state index contributed by atoms with van der Waals surface area (Å²) in [6.45, 7) is 38.9. The van der Waals surface area contributed by atoms with Crippen molar-refractivity contribution in [1.29, 1.82) is 0 Å².